The van der Waals surface area contributed by atoms with Crippen molar-refractivity contribution in [2.24, 2.45) is 0 Å². The van der Waals surface area contributed by atoms with E-state index in [9.17, 15) is 14.7 Å². The Balaban J connectivity index is 1.65. The van der Waals surface area contributed by atoms with Crippen molar-refractivity contribution in [3.8, 4) is 0 Å². The molecule has 1 amide bonds. The fraction of sp³-hybridized carbons (Fsp3) is 0.231. The molecular weight excluding hydrogens is 445 g/mol. The Kier molecular flexibility index (Phi) is 6.38. The first-order valence-corrected chi connectivity index (χ1v) is 11.3. The predicted octanol–water partition coefficient (Wildman–Crippen LogP) is 5.95. The Morgan fingerprint density at radius 1 is 0.938 bits per heavy atom. The summed E-state index contributed by atoms with van der Waals surface area (Å²) in [4.78, 5) is 28.0. The van der Waals surface area contributed by atoms with E-state index in [1.54, 1.807) is 42.5 Å². The van der Waals surface area contributed by atoms with Gasteiger partial charge in [-0.1, -0.05) is 72.9 Å². The third-order valence-electron chi connectivity index (χ3n) is 5.78. The molecule has 1 aliphatic rings. The van der Waals surface area contributed by atoms with Gasteiger partial charge in [-0.05, 0) is 47.9 Å². The van der Waals surface area contributed by atoms with Crippen molar-refractivity contribution in [2.45, 2.75) is 38.3 Å². The van der Waals surface area contributed by atoms with E-state index in [1.807, 2.05) is 24.3 Å². The van der Waals surface area contributed by atoms with Crippen LogP contribution in [0.5, 0.6) is 0 Å². The van der Waals surface area contributed by atoms with E-state index in [4.69, 9.17) is 23.2 Å². The molecule has 0 radical (unpaired) electrons. The number of ketones is 1. The zero-order valence-corrected chi connectivity index (χ0v) is 19.2. The van der Waals surface area contributed by atoms with Crippen LogP contribution in [0.15, 0.2) is 66.7 Å². The predicted molar refractivity (Wildman–Crippen MR) is 127 cm³/mol. The number of halogens is 2. The van der Waals surface area contributed by atoms with Gasteiger partial charge >= 0.3 is 0 Å². The number of hydrogen-bond donors (Lipinski definition) is 1. The second kappa shape index (κ2) is 9.07. The minimum Gasteiger partial charge on any atom is -0.375 e. The van der Waals surface area contributed by atoms with E-state index in [2.05, 4.69) is 6.92 Å². The SMILES string of the molecule is CCCc1ccc(C(=O)C[C@@]2(O)C(=O)N(Cc3ccc(Cl)cc3)c3ccc(Cl)cc32)cc1. The third-order valence-corrected chi connectivity index (χ3v) is 6.27. The Labute approximate surface area is 197 Å². The number of aryl methyl sites for hydroxylation is 1. The summed E-state index contributed by atoms with van der Waals surface area (Å²) in [5.41, 5.74) is 1.37. The summed E-state index contributed by atoms with van der Waals surface area (Å²) >= 11 is 12.2. The third kappa shape index (κ3) is 4.31. The smallest absolute Gasteiger partial charge is 0.264 e. The molecule has 0 aromatic heterocycles. The second-order valence-corrected chi connectivity index (χ2v) is 8.96. The fourth-order valence-electron chi connectivity index (χ4n) is 4.10. The number of benzene rings is 3. The zero-order valence-electron chi connectivity index (χ0n) is 17.6. The fourth-order valence-corrected chi connectivity index (χ4v) is 4.40. The average Bonchev–Trinajstić information content (AvgIpc) is 2.97. The van der Waals surface area contributed by atoms with Crippen LogP contribution in [0.4, 0.5) is 5.69 Å². The van der Waals surface area contributed by atoms with Crippen LogP contribution >= 0.6 is 23.2 Å². The molecule has 3 aromatic carbocycles. The molecule has 6 heteroatoms. The Morgan fingerprint density at radius 2 is 1.56 bits per heavy atom. The maximum absolute atomic E-state index is 13.4. The first-order chi connectivity index (χ1) is 15.3. The summed E-state index contributed by atoms with van der Waals surface area (Å²) < 4.78 is 0. The molecule has 4 rings (SSSR count). The average molecular weight is 468 g/mol. The molecule has 0 saturated heterocycles. The quantitative estimate of drug-likeness (QED) is 0.436. The van der Waals surface area contributed by atoms with Gasteiger partial charge in [-0.25, -0.2) is 0 Å². The molecule has 0 fully saturated rings. The highest BCUT2D eigenvalue weighted by Crippen LogP contribution is 2.44. The first kappa shape index (κ1) is 22.5. The molecule has 1 heterocycles. The summed E-state index contributed by atoms with van der Waals surface area (Å²) in [7, 11) is 0. The van der Waals surface area contributed by atoms with Crippen LogP contribution in [-0.4, -0.2) is 16.8 Å². The van der Waals surface area contributed by atoms with Crippen LogP contribution in [0, 0.1) is 0 Å². The molecule has 1 N–H and O–H groups in total. The van der Waals surface area contributed by atoms with E-state index >= 15 is 0 Å². The molecule has 1 atom stereocenters. The van der Waals surface area contributed by atoms with Crippen molar-refractivity contribution in [2.75, 3.05) is 4.90 Å². The van der Waals surface area contributed by atoms with Gasteiger partial charge < -0.3 is 10.0 Å². The van der Waals surface area contributed by atoms with Gasteiger partial charge in [0.25, 0.3) is 5.91 Å². The largest absolute Gasteiger partial charge is 0.375 e. The van der Waals surface area contributed by atoms with Gasteiger partial charge in [-0.2, -0.15) is 0 Å². The lowest BCUT2D eigenvalue weighted by Crippen LogP contribution is -2.41. The number of anilines is 1. The van der Waals surface area contributed by atoms with Gasteiger partial charge in [0.15, 0.2) is 11.4 Å². The maximum Gasteiger partial charge on any atom is 0.264 e. The highest BCUT2D eigenvalue weighted by molar-refractivity contribution is 6.31. The molecule has 0 aliphatic carbocycles. The summed E-state index contributed by atoms with van der Waals surface area (Å²) in [5, 5.41) is 12.5. The number of hydrogen-bond acceptors (Lipinski definition) is 3. The van der Waals surface area contributed by atoms with Crippen molar-refractivity contribution < 1.29 is 14.7 Å². The number of Topliss-reactive ketones (excluding diaryl/α,β-unsaturated/α-hetero) is 1. The topological polar surface area (TPSA) is 57.6 Å². The lowest BCUT2D eigenvalue weighted by atomic mass is 9.88. The standard InChI is InChI=1S/C26H23Cl2NO3/c1-2-3-17-4-8-19(9-5-17)24(30)15-26(32)22-14-21(28)12-13-23(22)29(25(26)31)16-18-6-10-20(27)11-7-18/h4-14,32H,2-3,15-16H2,1H3/t26-/m0/s1. The van der Waals surface area contributed by atoms with E-state index in [0.29, 0.717) is 26.9 Å². The molecule has 3 aromatic rings. The molecule has 0 spiro atoms. The van der Waals surface area contributed by atoms with E-state index in [0.717, 1.165) is 24.0 Å². The molecular formula is C26H23Cl2NO3. The van der Waals surface area contributed by atoms with E-state index < -0.39 is 11.5 Å². The van der Waals surface area contributed by atoms with Crippen molar-refractivity contribution >= 4 is 40.6 Å². The second-order valence-electron chi connectivity index (χ2n) is 8.09. The molecule has 0 bridgehead atoms. The van der Waals surface area contributed by atoms with Gasteiger partial charge in [0.2, 0.25) is 0 Å². The van der Waals surface area contributed by atoms with Crippen LogP contribution in [0.25, 0.3) is 0 Å². The number of rotatable bonds is 7. The van der Waals surface area contributed by atoms with E-state index in [-0.39, 0.29) is 18.7 Å². The number of carbonyl (C=O) groups excluding carboxylic acids is 2. The van der Waals surface area contributed by atoms with Gasteiger partial charge in [0.05, 0.1) is 18.7 Å². The number of aliphatic hydroxyl groups is 1. The van der Waals surface area contributed by atoms with Gasteiger partial charge in [0, 0.05) is 21.2 Å². The van der Waals surface area contributed by atoms with Crippen LogP contribution in [0.1, 0.15) is 46.8 Å². The first-order valence-electron chi connectivity index (χ1n) is 10.5. The minimum absolute atomic E-state index is 0.243. The van der Waals surface area contributed by atoms with E-state index in [1.165, 1.54) is 4.90 Å². The van der Waals surface area contributed by atoms with Crippen LogP contribution in [0.2, 0.25) is 10.0 Å². The molecule has 0 saturated carbocycles. The highest BCUT2D eigenvalue weighted by atomic mass is 35.5. The summed E-state index contributed by atoms with van der Waals surface area (Å²) in [6.45, 7) is 2.34. The number of nitrogens with zero attached hydrogens (tertiary/aromatic N) is 1. The highest BCUT2D eigenvalue weighted by Gasteiger charge is 2.51. The molecule has 4 nitrogen and oxygen atoms in total. The summed E-state index contributed by atoms with van der Waals surface area (Å²) in [6.07, 6.45) is 1.59. The summed E-state index contributed by atoms with van der Waals surface area (Å²) in [6, 6.07) is 19.4. The van der Waals surface area contributed by atoms with Crippen molar-refractivity contribution in [1.82, 2.24) is 0 Å². The Hall–Kier alpha value is -2.66. The van der Waals surface area contributed by atoms with Gasteiger partial charge in [-0.3, -0.25) is 9.59 Å². The Bertz CT molecular complexity index is 1160. The molecule has 32 heavy (non-hydrogen) atoms. The number of carbonyl (C=O) groups is 2. The zero-order chi connectivity index (χ0) is 22.9. The molecule has 0 unspecified atom stereocenters. The summed E-state index contributed by atoms with van der Waals surface area (Å²) in [5.74, 6) is -0.844. The lowest BCUT2D eigenvalue weighted by molar-refractivity contribution is -0.136. The normalized spacial score (nSPS) is 17.5. The van der Waals surface area contributed by atoms with Crippen LogP contribution in [-0.2, 0) is 23.4 Å². The lowest BCUT2D eigenvalue weighted by Gasteiger charge is -2.23. The van der Waals surface area contributed by atoms with Crippen molar-refractivity contribution in [1.29, 1.82) is 0 Å². The number of fused-ring (bicyclic) bond motifs is 1. The molecule has 1 aliphatic heterocycles. The minimum atomic E-state index is -1.98. The van der Waals surface area contributed by atoms with Gasteiger partial charge in [-0.15, -0.1) is 0 Å². The van der Waals surface area contributed by atoms with Crippen LogP contribution < -0.4 is 4.90 Å². The van der Waals surface area contributed by atoms with Crippen molar-refractivity contribution in [3.05, 3.63) is 99.0 Å². The monoisotopic (exact) mass is 467 g/mol. The number of amides is 1. The van der Waals surface area contributed by atoms with Crippen LogP contribution in [0.3, 0.4) is 0 Å². The van der Waals surface area contributed by atoms with Gasteiger partial charge in [0.1, 0.15) is 0 Å². The van der Waals surface area contributed by atoms with Crippen molar-refractivity contribution in [3.63, 3.8) is 0 Å². The molecule has 164 valence electrons. The Morgan fingerprint density at radius 3 is 2.22 bits per heavy atom. The maximum atomic E-state index is 13.4.